The number of H-pyrrole nitrogens is 1. The quantitative estimate of drug-likeness (QED) is 0.301. The molecule has 1 aliphatic heterocycles. The Morgan fingerprint density at radius 2 is 1.70 bits per heavy atom. The van der Waals surface area contributed by atoms with Gasteiger partial charge in [0.15, 0.2) is 17.3 Å². The normalized spacial score (nSPS) is 15.5. The van der Waals surface area contributed by atoms with E-state index in [0.717, 1.165) is 34.4 Å². The highest BCUT2D eigenvalue weighted by Crippen LogP contribution is 2.44. The molecule has 1 N–H and O–H groups in total. The summed E-state index contributed by atoms with van der Waals surface area (Å²) in [6.07, 6.45) is 4.28. The second-order valence-electron chi connectivity index (χ2n) is 11.6. The van der Waals surface area contributed by atoms with Crippen molar-refractivity contribution in [2.24, 2.45) is 0 Å². The predicted molar refractivity (Wildman–Crippen MR) is 162 cm³/mol. The molecule has 2 aromatic carbocycles. The van der Waals surface area contributed by atoms with Crippen molar-refractivity contribution >= 4 is 11.7 Å². The molecule has 2 aliphatic rings. The van der Waals surface area contributed by atoms with Crippen molar-refractivity contribution in [3.8, 4) is 17.1 Å². The van der Waals surface area contributed by atoms with Gasteiger partial charge in [-0.05, 0) is 43.7 Å². The maximum absolute atomic E-state index is 13.9. The Morgan fingerprint density at radius 1 is 0.955 bits per heavy atom. The van der Waals surface area contributed by atoms with Gasteiger partial charge in [0, 0.05) is 36.7 Å². The van der Waals surface area contributed by atoms with Gasteiger partial charge in [0.25, 0.3) is 17.2 Å². The second-order valence-corrected chi connectivity index (χ2v) is 11.6. The van der Waals surface area contributed by atoms with Crippen molar-refractivity contribution in [3.63, 3.8) is 0 Å². The van der Waals surface area contributed by atoms with Crippen LogP contribution in [0.3, 0.4) is 0 Å². The lowest BCUT2D eigenvalue weighted by atomic mass is 9.74. The molecule has 0 unspecified atom stereocenters. The number of hydrogen-bond donors (Lipinski definition) is 1. The lowest BCUT2D eigenvalue weighted by Crippen LogP contribution is -2.46. The largest absolute Gasteiger partial charge is 0.485 e. The van der Waals surface area contributed by atoms with Gasteiger partial charge < -0.3 is 14.4 Å². The Balaban J connectivity index is 1.11. The van der Waals surface area contributed by atoms with Crippen molar-refractivity contribution in [1.29, 1.82) is 0 Å². The number of methoxy groups -OCH3 is 1. The van der Waals surface area contributed by atoms with E-state index in [1.807, 2.05) is 66.4 Å². The number of benzene rings is 2. The van der Waals surface area contributed by atoms with Gasteiger partial charge in [-0.3, -0.25) is 14.7 Å². The Morgan fingerprint density at radius 3 is 2.45 bits per heavy atom. The highest BCUT2D eigenvalue weighted by atomic mass is 16.5. The fourth-order valence-corrected chi connectivity index (χ4v) is 6.51. The minimum absolute atomic E-state index is 0.111. The zero-order chi connectivity index (χ0) is 30.3. The molecule has 1 spiro atoms. The molecule has 1 fully saturated rings. The summed E-state index contributed by atoms with van der Waals surface area (Å²) >= 11 is 0. The van der Waals surface area contributed by atoms with Crippen LogP contribution in [-0.4, -0.2) is 60.6 Å². The molecule has 11 heteroatoms. The van der Waals surface area contributed by atoms with E-state index in [9.17, 15) is 9.59 Å². The van der Waals surface area contributed by atoms with Gasteiger partial charge in [0.05, 0.1) is 18.0 Å². The number of aryl methyl sites for hydroxylation is 2. The number of hydrogen-bond acceptors (Lipinski definition) is 8. The standard InChI is InChI=1S/C33H33N7O4/c1-21-28(44-19-22-6-4-3-5-7-22)27(35-20-34-21)31(42)39-16-14-33(15-17-39)13-12-25-26(33)30(41)40-32(36-25)37-29(38-40)24-10-8-23(9-11-24)18-43-2/h3-11,20H,12-19H2,1-2H3,(H,36,37,38). The number of carbonyl (C=O) groups is 1. The topological polar surface area (TPSA) is 128 Å². The molecule has 4 heterocycles. The van der Waals surface area contributed by atoms with Crippen molar-refractivity contribution in [2.75, 3.05) is 20.2 Å². The number of nitrogens with one attached hydrogen (secondary N) is 1. The fraction of sp³-hybridized carbons (Fsp3) is 0.333. The Bertz CT molecular complexity index is 1890. The van der Waals surface area contributed by atoms with E-state index in [1.54, 1.807) is 7.11 Å². The Kier molecular flexibility index (Phi) is 7.17. The zero-order valence-electron chi connectivity index (χ0n) is 24.7. The number of likely N-dealkylation sites (tertiary alicyclic amines) is 1. The minimum atomic E-state index is -0.335. The van der Waals surface area contributed by atoms with Crippen LogP contribution < -0.4 is 10.3 Å². The molecule has 3 aromatic heterocycles. The van der Waals surface area contributed by atoms with Crippen LogP contribution in [0, 0.1) is 6.92 Å². The van der Waals surface area contributed by atoms with Gasteiger partial charge in [-0.15, -0.1) is 0 Å². The molecule has 11 nitrogen and oxygen atoms in total. The SMILES string of the molecule is COCc1ccc(-c2nc3nc4c(c(=O)n3[nH]2)C2(CC4)CCN(C(=O)c3ncnc(C)c3OCc3ccccc3)CC2)cc1. The van der Waals surface area contributed by atoms with Gasteiger partial charge in [-0.25, -0.2) is 15.0 Å². The third-order valence-corrected chi connectivity index (χ3v) is 8.90. The van der Waals surface area contributed by atoms with E-state index < -0.39 is 0 Å². The summed E-state index contributed by atoms with van der Waals surface area (Å²) in [7, 11) is 1.66. The zero-order valence-corrected chi connectivity index (χ0v) is 24.7. The molecule has 0 bridgehead atoms. The molecule has 1 aliphatic carbocycles. The molecule has 5 aromatic rings. The van der Waals surface area contributed by atoms with E-state index >= 15 is 0 Å². The summed E-state index contributed by atoms with van der Waals surface area (Å²) < 4.78 is 12.7. The van der Waals surface area contributed by atoms with Crippen molar-refractivity contribution in [2.45, 2.75) is 51.2 Å². The molecular weight excluding hydrogens is 558 g/mol. The van der Waals surface area contributed by atoms with E-state index in [2.05, 4.69) is 20.1 Å². The highest BCUT2D eigenvalue weighted by molar-refractivity contribution is 5.95. The maximum atomic E-state index is 13.9. The summed E-state index contributed by atoms with van der Waals surface area (Å²) in [6.45, 7) is 3.67. The summed E-state index contributed by atoms with van der Waals surface area (Å²) in [6, 6.07) is 17.7. The summed E-state index contributed by atoms with van der Waals surface area (Å²) in [5.41, 5.74) is 4.91. The third kappa shape index (κ3) is 4.92. The van der Waals surface area contributed by atoms with Gasteiger partial charge in [0.1, 0.15) is 12.9 Å². The first-order valence-corrected chi connectivity index (χ1v) is 14.8. The van der Waals surface area contributed by atoms with Gasteiger partial charge in [-0.1, -0.05) is 54.6 Å². The molecule has 1 saturated heterocycles. The van der Waals surface area contributed by atoms with Crippen LogP contribution in [0.15, 0.2) is 65.7 Å². The number of rotatable bonds is 7. The predicted octanol–water partition coefficient (Wildman–Crippen LogP) is 4.03. The Hall–Kier alpha value is -4.90. The number of aromatic nitrogens is 6. The maximum Gasteiger partial charge on any atom is 0.278 e. The number of aromatic amines is 1. The molecule has 0 radical (unpaired) electrons. The van der Waals surface area contributed by atoms with E-state index in [4.69, 9.17) is 14.5 Å². The van der Waals surface area contributed by atoms with Crippen LogP contribution in [0.5, 0.6) is 5.75 Å². The average molecular weight is 592 g/mol. The molecule has 7 rings (SSSR count). The van der Waals surface area contributed by atoms with Crippen LogP contribution in [0.1, 0.15) is 57.8 Å². The van der Waals surface area contributed by atoms with Crippen molar-refractivity contribution < 1.29 is 14.3 Å². The Labute approximate surface area is 253 Å². The molecule has 224 valence electrons. The second kappa shape index (κ2) is 11.3. The van der Waals surface area contributed by atoms with Gasteiger partial charge >= 0.3 is 0 Å². The van der Waals surface area contributed by atoms with Crippen molar-refractivity contribution in [3.05, 3.63) is 105 Å². The van der Waals surface area contributed by atoms with Crippen LogP contribution in [0.2, 0.25) is 0 Å². The smallest absolute Gasteiger partial charge is 0.278 e. The summed E-state index contributed by atoms with van der Waals surface area (Å²) in [5.74, 6) is 1.17. The first kappa shape index (κ1) is 27.9. The molecular formula is C33H33N7O4. The lowest BCUT2D eigenvalue weighted by molar-refractivity contribution is 0.0653. The molecule has 1 amide bonds. The van der Waals surface area contributed by atoms with E-state index in [-0.39, 0.29) is 22.6 Å². The number of ether oxygens (including phenoxy) is 2. The number of nitrogens with zero attached hydrogens (tertiary/aromatic N) is 6. The van der Waals surface area contributed by atoms with E-state index in [0.29, 0.717) is 68.6 Å². The summed E-state index contributed by atoms with van der Waals surface area (Å²) in [4.78, 5) is 47.5. The highest BCUT2D eigenvalue weighted by Gasteiger charge is 2.45. The molecule has 44 heavy (non-hydrogen) atoms. The van der Waals surface area contributed by atoms with Crippen LogP contribution >= 0.6 is 0 Å². The van der Waals surface area contributed by atoms with Gasteiger partial charge in [-0.2, -0.15) is 9.50 Å². The van der Waals surface area contributed by atoms with Crippen LogP contribution in [0.25, 0.3) is 17.2 Å². The summed E-state index contributed by atoms with van der Waals surface area (Å²) in [5, 5.41) is 3.17. The number of amides is 1. The average Bonchev–Trinajstić information content (AvgIpc) is 3.64. The van der Waals surface area contributed by atoms with Crippen LogP contribution in [-0.2, 0) is 29.8 Å². The molecule has 0 saturated carbocycles. The van der Waals surface area contributed by atoms with Crippen molar-refractivity contribution in [1.82, 2.24) is 34.4 Å². The van der Waals surface area contributed by atoms with E-state index in [1.165, 1.54) is 10.8 Å². The van der Waals surface area contributed by atoms with Gasteiger partial charge in [0.2, 0.25) is 0 Å². The number of fused-ring (bicyclic) bond motifs is 3. The number of carbonyl (C=O) groups excluding carboxylic acids is 1. The third-order valence-electron chi connectivity index (χ3n) is 8.90. The number of piperidine rings is 1. The minimum Gasteiger partial charge on any atom is -0.485 e. The van der Waals surface area contributed by atoms with Crippen LogP contribution in [0.4, 0.5) is 0 Å². The fourth-order valence-electron chi connectivity index (χ4n) is 6.51. The monoisotopic (exact) mass is 591 g/mol. The first-order valence-electron chi connectivity index (χ1n) is 14.8. The lowest BCUT2D eigenvalue weighted by Gasteiger charge is -2.39. The molecule has 0 atom stereocenters. The first-order chi connectivity index (χ1) is 21.5.